The maximum absolute atomic E-state index is 11.6. The molecule has 17 heavy (non-hydrogen) atoms. The predicted octanol–water partition coefficient (Wildman–Crippen LogP) is 0.779. The van der Waals surface area contributed by atoms with Crippen LogP contribution < -0.4 is 0 Å². The number of nitrogens with zero attached hydrogens (tertiary/aromatic N) is 1. The van der Waals surface area contributed by atoms with Crippen LogP contribution in [0.25, 0.3) is 0 Å². The molecule has 1 amide bonds. The van der Waals surface area contributed by atoms with Gasteiger partial charge in [-0.15, -0.1) is 0 Å². The first-order chi connectivity index (χ1) is 8.29. The molecule has 1 atom stereocenters. The van der Waals surface area contributed by atoms with Crippen LogP contribution in [0.2, 0.25) is 0 Å². The first-order valence-electron chi connectivity index (χ1n) is 5.82. The second kappa shape index (κ2) is 5.84. The van der Waals surface area contributed by atoms with Crippen molar-refractivity contribution in [2.75, 3.05) is 19.8 Å². The summed E-state index contributed by atoms with van der Waals surface area (Å²) in [4.78, 5) is 13.4. The summed E-state index contributed by atoms with van der Waals surface area (Å²) in [5, 5.41) is 8.77. The number of hydrogen-bond donors (Lipinski definition) is 1. The van der Waals surface area contributed by atoms with Crippen molar-refractivity contribution in [1.29, 1.82) is 0 Å². The van der Waals surface area contributed by atoms with E-state index in [1.54, 1.807) is 11.2 Å². The number of rotatable bonds is 5. The third kappa shape index (κ3) is 3.31. The molecule has 1 N–H and O–H groups in total. The second-order valence-electron chi connectivity index (χ2n) is 4.15. The van der Waals surface area contributed by atoms with Crippen molar-refractivity contribution in [2.45, 2.75) is 25.5 Å². The van der Waals surface area contributed by atoms with Gasteiger partial charge in [0, 0.05) is 13.2 Å². The van der Waals surface area contributed by atoms with Gasteiger partial charge in [0.25, 0.3) is 0 Å². The van der Waals surface area contributed by atoms with Crippen molar-refractivity contribution < 1.29 is 19.1 Å². The van der Waals surface area contributed by atoms with Crippen molar-refractivity contribution in [1.82, 2.24) is 4.90 Å². The van der Waals surface area contributed by atoms with Crippen LogP contribution in [0.15, 0.2) is 22.8 Å². The molecule has 94 valence electrons. The van der Waals surface area contributed by atoms with Crippen LogP contribution >= 0.6 is 0 Å². The third-order valence-corrected chi connectivity index (χ3v) is 2.83. The average molecular weight is 239 g/mol. The standard InChI is InChI=1S/C12H17NO4/c14-5-1-3-11-8-13(12(15)9-17-11)7-10-4-2-6-16-10/h2,4,6,11,14H,1,3,5,7-9H2. The first-order valence-corrected chi connectivity index (χ1v) is 5.82. The Morgan fingerprint density at radius 1 is 1.53 bits per heavy atom. The molecule has 1 saturated heterocycles. The van der Waals surface area contributed by atoms with E-state index in [-0.39, 0.29) is 25.2 Å². The number of furan rings is 1. The van der Waals surface area contributed by atoms with Crippen molar-refractivity contribution in [3.8, 4) is 0 Å². The lowest BCUT2D eigenvalue weighted by atomic mass is 10.1. The molecule has 0 aliphatic carbocycles. The molecule has 2 rings (SSSR count). The molecule has 1 aromatic rings. The van der Waals surface area contributed by atoms with Gasteiger partial charge in [-0.3, -0.25) is 4.79 Å². The maximum Gasteiger partial charge on any atom is 0.249 e. The molecule has 1 aliphatic rings. The first kappa shape index (κ1) is 12.1. The quantitative estimate of drug-likeness (QED) is 0.824. The number of aliphatic hydroxyl groups is 1. The van der Waals surface area contributed by atoms with E-state index >= 15 is 0 Å². The lowest BCUT2D eigenvalue weighted by Crippen LogP contribution is -2.46. The molecule has 0 aromatic carbocycles. The van der Waals surface area contributed by atoms with Gasteiger partial charge >= 0.3 is 0 Å². The number of amides is 1. The molecule has 5 nitrogen and oxygen atoms in total. The van der Waals surface area contributed by atoms with Crippen LogP contribution in [0.1, 0.15) is 18.6 Å². The van der Waals surface area contributed by atoms with Crippen molar-refractivity contribution >= 4 is 5.91 Å². The summed E-state index contributed by atoms with van der Waals surface area (Å²) in [5.41, 5.74) is 0. The van der Waals surface area contributed by atoms with E-state index in [0.29, 0.717) is 19.5 Å². The lowest BCUT2D eigenvalue weighted by molar-refractivity contribution is -0.150. The zero-order valence-electron chi connectivity index (χ0n) is 9.67. The summed E-state index contributed by atoms with van der Waals surface area (Å²) in [6.07, 6.45) is 3.10. The summed E-state index contributed by atoms with van der Waals surface area (Å²) >= 11 is 0. The van der Waals surface area contributed by atoms with Crippen LogP contribution in [0, 0.1) is 0 Å². The number of ether oxygens (including phenoxy) is 1. The van der Waals surface area contributed by atoms with Gasteiger partial charge in [0.15, 0.2) is 0 Å². The number of carbonyl (C=O) groups excluding carboxylic acids is 1. The molecule has 1 unspecified atom stereocenters. The van der Waals surface area contributed by atoms with Gasteiger partial charge in [-0.2, -0.15) is 0 Å². The van der Waals surface area contributed by atoms with Crippen LogP contribution in [0.5, 0.6) is 0 Å². The fourth-order valence-electron chi connectivity index (χ4n) is 1.92. The molecule has 0 spiro atoms. The highest BCUT2D eigenvalue weighted by atomic mass is 16.5. The summed E-state index contributed by atoms with van der Waals surface area (Å²) in [7, 11) is 0. The van der Waals surface area contributed by atoms with Crippen LogP contribution in [-0.2, 0) is 16.1 Å². The summed E-state index contributed by atoms with van der Waals surface area (Å²) in [6.45, 7) is 1.34. The van der Waals surface area contributed by atoms with E-state index in [2.05, 4.69) is 0 Å². The molecule has 0 bridgehead atoms. The third-order valence-electron chi connectivity index (χ3n) is 2.83. The Morgan fingerprint density at radius 3 is 3.12 bits per heavy atom. The van der Waals surface area contributed by atoms with E-state index in [1.807, 2.05) is 12.1 Å². The minimum Gasteiger partial charge on any atom is -0.467 e. The molecule has 1 aliphatic heterocycles. The summed E-state index contributed by atoms with van der Waals surface area (Å²) < 4.78 is 10.6. The lowest BCUT2D eigenvalue weighted by Gasteiger charge is -2.32. The Labute approximate surface area is 100.0 Å². The normalized spacial score (nSPS) is 20.9. The summed E-state index contributed by atoms with van der Waals surface area (Å²) in [5.74, 6) is 0.766. The number of aliphatic hydroxyl groups excluding tert-OH is 1. The fourth-order valence-corrected chi connectivity index (χ4v) is 1.92. The van der Waals surface area contributed by atoms with Gasteiger partial charge in [-0.25, -0.2) is 0 Å². The molecular formula is C12H17NO4. The Balaban J connectivity index is 1.88. The predicted molar refractivity (Wildman–Crippen MR) is 60.2 cm³/mol. The van der Waals surface area contributed by atoms with E-state index < -0.39 is 0 Å². The van der Waals surface area contributed by atoms with Crippen molar-refractivity contribution in [2.24, 2.45) is 0 Å². The highest BCUT2D eigenvalue weighted by molar-refractivity contribution is 5.78. The van der Waals surface area contributed by atoms with Crippen molar-refractivity contribution in [3.63, 3.8) is 0 Å². The van der Waals surface area contributed by atoms with E-state index in [0.717, 1.165) is 12.2 Å². The number of morpholine rings is 1. The van der Waals surface area contributed by atoms with Gasteiger partial charge in [0.1, 0.15) is 12.4 Å². The average Bonchev–Trinajstić information content (AvgIpc) is 2.83. The Hall–Kier alpha value is -1.33. The fraction of sp³-hybridized carbons (Fsp3) is 0.583. The zero-order valence-corrected chi connectivity index (χ0v) is 9.67. The van der Waals surface area contributed by atoms with Crippen molar-refractivity contribution in [3.05, 3.63) is 24.2 Å². The van der Waals surface area contributed by atoms with Gasteiger partial charge in [0.2, 0.25) is 5.91 Å². The Morgan fingerprint density at radius 2 is 2.41 bits per heavy atom. The SMILES string of the molecule is O=C1COC(CCCO)CN1Cc1ccco1. The minimum atomic E-state index is -0.0124. The minimum absolute atomic E-state index is 0.0124. The highest BCUT2D eigenvalue weighted by Crippen LogP contribution is 2.14. The molecule has 1 aromatic heterocycles. The molecule has 0 radical (unpaired) electrons. The zero-order chi connectivity index (χ0) is 12.1. The Bertz CT molecular complexity index is 349. The monoisotopic (exact) mass is 239 g/mol. The second-order valence-corrected chi connectivity index (χ2v) is 4.15. The smallest absolute Gasteiger partial charge is 0.249 e. The molecule has 1 fully saturated rings. The molecule has 5 heteroatoms. The molecular weight excluding hydrogens is 222 g/mol. The highest BCUT2D eigenvalue weighted by Gasteiger charge is 2.26. The largest absolute Gasteiger partial charge is 0.467 e. The topological polar surface area (TPSA) is 62.9 Å². The van der Waals surface area contributed by atoms with Crippen LogP contribution in [-0.4, -0.2) is 41.8 Å². The van der Waals surface area contributed by atoms with Gasteiger partial charge in [0.05, 0.1) is 18.9 Å². The van der Waals surface area contributed by atoms with E-state index in [1.165, 1.54) is 0 Å². The maximum atomic E-state index is 11.6. The molecule has 2 heterocycles. The van der Waals surface area contributed by atoms with Crippen LogP contribution in [0.4, 0.5) is 0 Å². The summed E-state index contributed by atoms with van der Waals surface area (Å²) in [6, 6.07) is 3.66. The number of carbonyl (C=O) groups is 1. The van der Waals surface area contributed by atoms with E-state index in [9.17, 15) is 4.79 Å². The molecule has 0 saturated carbocycles. The van der Waals surface area contributed by atoms with E-state index in [4.69, 9.17) is 14.3 Å². The number of hydrogen-bond acceptors (Lipinski definition) is 4. The van der Waals surface area contributed by atoms with Gasteiger partial charge in [-0.05, 0) is 25.0 Å². The Kier molecular flexibility index (Phi) is 4.17. The van der Waals surface area contributed by atoms with Gasteiger partial charge < -0.3 is 19.2 Å². The van der Waals surface area contributed by atoms with Crippen LogP contribution in [0.3, 0.4) is 0 Å². The van der Waals surface area contributed by atoms with Gasteiger partial charge in [-0.1, -0.05) is 0 Å².